The fraction of sp³-hybridized carbons (Fsp3) is 0.625. The average Bonchev–Trinajstić information content (AvgIpc) is 2.72. The largest absolute Gasteiger partial charge is 0.381 e. The quantitative estimate of drug-likeness (QED) is 0.704. The molecule has 1 saturated heterocycles. The van der Waals surface area contributed by atoms with E-state index >= 15 is 0 Å². The predicted octanol–water partition coefficient (Wildman–Crippen LogP) is -0.517. The van der Waals surface area contributed by atoms with Gasteiger partial charge in [0.05, 0.1) is 12.7 Å². The maximum absolute atomic E-state index is 11.3. The molecule has 2 rings (SSSR count). The summed E-state index contributed by atoms with van der Waals surface area (Å²) in [6, 6.07) is 0. The summed E-state index contributed by atoms with van der Waals surface area (Å²) in [4.78, 5) is 13.1. The summed E-state index contributed by atoms with van der Waals surface area (Å²) < 4.78 is 1.65. The molecule has 1 aromatic heterocycles. The molecule has 6 heteroatoms. The Bertz CT molecular complexity index is 334. The van der Waals surface area contributed by atoms with Crippen LogP contribution in [0.15, 0.2) is 6.20 Å². The number of hydrogen-bond donors (Lipinski definition) is 1. The van der Waals surface area contributed by atoms with Crippen molar-refractivity contribution >= 4 is 11.7 Å². The van der Waals surface area contributed by atoms with E-state index in [0.29, 0.717) is 25.3 Å². The number of nitrogens with two attached hydrogens (primary N) is 1. The van der Waals surface area contributed by atoms with E-state index in [1.54, 1.807) is 10.9 Å². The third-order valence-electron chi connectivity index (χ3n) is 2.33. The highest BCUT2D eigenvalue weighted by Crippen LogP contribution is 2.08. The molecule has 1 fully saturated rings. The Labute approximate surface area is 81.7 Å². The van der Waals surface area contributed by atoms with E-state index < -0.39 is 0 Å². The monoisotopic (exact) mass is 195 g/mol. The molecule has 2 heterocycles. The van der Waals surface area contributed by atoms with E-state index in [1.165, 1.54) is 0 Å². The minimum Gasteiger partial charge on any atom is -0.381 e. The van der Waals surface area contributed by atoms with Gasteiger partial charge in [-0.05, 0) is 6.42 Å². The predicted molar refractivity (Wildman–Crippen MR) is 50.2 cm³/mol. The summed E-state index contributed by atoms with van der Waals surface area (Å²) >= 11 is 0. The Balaban J connectivity index is 1.85. The van der Waals surface area contributed by atoms with E-state index in [0.717, 1.165) is 13.0 Å². The van der Waals surface area contributed by atoms with Crippen molar-refractivity contribution in [1.82, 2.24) is 19.9 Å². The number of carbonyl (C=O) groups excluding carboxylic acids is 1. The fourth-order valence-electron chi connectivity index (χ4n) is 1.59. The van der Waals surface area contributed by atoms with Crippen molar-refractivity contribution in [3.63, 3.8) is 0 Å². The fourth-order valence-corrected chi connectivity index (χ4v) is 1.59. The number of aromatic nitrogens is 3. The lowest BCUT2D eigenvalue weighted by Crippen LogP contribution is -2.28. The molecule has 0 aliphatic carbocycles. The highest BCUT2D eigenvalue weighted by Gasteiger charge is 2.19. The van der Waals surface area contributed by atoms with Crippen molar-refractivity contribution in [2.24, 2.45) is 0 Å². The first kappa shape index (κ1) is 8.98. The van der Waals surface area contributed by atoms with Crippen LogP contribution in [-0.2, 0) is 11.3 Å². The lowest BCUT2D eigenvalue weighted by molar-refractivity contribution is -0.127. The molecule has 76 valence electrons. The Morgan fingerprint density at radius 1 is 1.50 bits per heavy atom. The maximum Gasteiger partial charge on any atom is 0.222 e. The number of nitrogens with zero attached hydrogens (tertiary/aromatic N) is 4. The van der Waals surface area contributed by atoms with Gasteiger partial charge in [-0.2, -0.15) is 0 Å². The first-order valence-corrected chi connectivity index (χ1v) is 4.69. The highest BCUT2D eigenvalue weighted by atomic mass is 16.2. The van der Waals surface area contributed by atoms with Crippen LogP contribution in [-0.4, -0.2) is 38.9 Å². The zero-order valence-corrected chi connectivity index (χ0v) is 7.89. The standard InChI is InChI=1S/C8H13N5O/c9-7-6-13(11-10-7)5-4-12-3-1-2-8(12)14/h6H,1-5,9H2. The molecule has 1 aliphatic heterocycles. The van der Waals surface area contributed by atoms with Gasteiger partial charge < -0.3 is 10.6 Å². The van der Waals surface area contributed by atoms with Crippen molar-refractivity contribution < 1.29 is 4.79 Å². The van der Waals surface area contributed by atoms with Gasteiger partial charge in [-0.15, -0.1) is 5.10 Å². The van der Waals surface area contributed by atoms with Gasteiger partial charge in [-0.25, -0.2) is 4.68 Å². The van der Waals surface area contributed by atoms with Crippen LogP contribution in [0.4, 0.5) is 5.82 Å². The lowest BCUT2D eigenvalue weighted by atomic mass is 10.4. The second kappa shape index (κ2) is 3.65. The maximum atomic E-state index is 11.3. The third-order valence-corrected chi connectivity index (χ3v) is 2.33. The van der Waals surface area contributed by atoms with E-state index in [2.05, 4.69) is 10.3 Å². The average molecular weight is 195 g/mol. The van der Waals surface area contributed by atoms with Gasteiger partial charge in [0.25, 0.3) is 0 Å². The number of carbonyl (C=O) groups is 1. The van der Waals surface area contributed by atoms with E-state index in [9.17, 15) is 4.79 Å². The van der Waals surface area contributed by atoms with Crippen molar-refractivity contribution in [3.05, 3.63) is 6.20 Å². The van der Waals surface area contributed by atoms with Gasteiger partial charge in [-0.3, -0.25) is 4.79 Å². The van der Waals surface area contributed by atoms with Crippen LogP contribution in [0.5, 0.6) is 0 Å². The minimum atomic E-state index is 0.234. The molecule has 2 N–H and O–H groups in total. The first-order chi connectivity index (χ1) is 6.75. The number of amides is 1. The highest BCUT2D eigenvalue weighted by molar-refractivity contribution is 5.77. The van der Waals surface area contributed by atoms with Gasteiger partial charge in [0.2, 0.25) is 5.91 Å². The van der Waals surface area contributed by atoms with Gasteiger partial charge in [0, 0.05) is 19.5 Å². The smallest absolute Gasteiger partial charge is 0.222 e. The van der Waals surface area contributed by atoms with E-state index in [1.807, 2.05) is 4.90 Å². The number of rotatable bonds is 3. The van der Waals surface area contributed by atoms with Crippen LogP contribution < -0.4 is 5.73 Å². The first-order valence-electron chi connectivity index (χ1n) is 4.69. The number of likely N-dealkylation sites (tertiary alicyclic amines) is 1. The molecule has 0 atom stereocenters. The molecule has 0 radical (unpaired) electrons. The Morgan fingerprint density at radius 3 is 2.93 bits per heavy atom. The van der Waals surface area contributed by atoms with Crippen molar-refractivity contribution in [3.8, 4) is 0 Å². The summed E-state index contributed by atoms with van der Waals surface area (Å²) in [6.07, 6.45) is 3.32. The molecule has 0 unspecified atom stereocenters. The summed E-state index contributed by atoms with van der Waals surface area (Å²) in [7, 11) is 0. The van der Waals surface area contributed by atoms with Gasteiger partial charge in [0.15, 0.2) is 5.82 Å². The van der Waals surface area contributed by atoms with Gasteiger partial charge >= 0.3 is 0 Å². The zero-order valence-electron chi connectivity index (χ0n) is 7.89. The Kier molecular flexibility index (Phi) is 2.34. The van der Waals surface area contributed by atoms with Gasteiger partial charge in [-0.1, -0.05) is 5.21 Å². The Morgan fingerprint density at radius 2 is 2.36 bits per heavy atom. The number of hydrogen-bond acceptors (Lipinski definition) is 4. The van der Waals surface area contributed by atoms with Crippen molar-refractivity contribution in [2.45, 2.75) is 19.4 Å². The van der Waals surface area contributed by atoms with E-state index in [4.69, 9.17) is 5.73 Å². The Hall–Kier alpha value is -1.59. The van der Waals surface area contributed by atoms with Crippen LogP contribution in [0.25, 0.3) is 0 Å². The van der Waals surface area contributed by atoms with Gasteiger partial charge in [0.1, 0.15) is 0 Å². The molecule has 6 nitrogen and oxygen atoms in total. The molecule has 1 amide bonds. The van der Waals surface area contributed by atoms with E-state index in [-0.39, 0.29) is 5.91 Å². The molecular formula is C8H13N5O. The van der Waals surface area contributed by atoms with Crippen LogP contribution in [0.1, 0.15) is 12.8 Å². The summed E-state index contributed by atoms with van der Waals surface area (Å²) in [5.74, 6) is 0.649. The SMILES string of the molecule is Nc1cn(CCN2CCCC2=O)nn1. The molecular weight excluding hydrogens is 182 g/mol. The summed E-state index contributed by atoms with van der Waals surface area (Å²) in [5, 5.41) is 7.47. The normalized spacial score (nSPS) is 16.6. The molecule has 0 aromatic carbocycles. The second-order valence-corrected chi connectivity index (χ2v) is 3.39. The van der Waals surface area contributed by atoms with Crippen molar-refractivity contribution in [2.75, 3.05) is 18.8 Å². The molecule has 0 saturated carbocycles. The number of anilines is 1. The van der Waals surface area contributed by atoms with Crippen LogP contribution in [0, 0.1) is 0 Å². The number of nitrogen functional groups attached to an aromatic ring is 1. The molecule has 14 heavy (non-hydrogen) atoms. The van der Waals surface area contributed by atoms with Crippen LogP contribution in [0.3, 0.4) is 0 Å². The second-order valence-electron chi connectivity index (χ2n) is 3.39. The molecule has 0 spiro atoms. The van der Waals surface area contributed by atoms with Crippen molar-refractivity contribution in [1.29, 1.82) is 0 Å². The summed E-state index contributed by atoms with van der Waals surface area (Å²) in [6.45, 7) is 2.22. The van der Waals surface area contributed by atoms with Crippen LogP contribution >= 0.6 is 0 Å². The third kappa shape index (κ3) is 1.84. The molecule has 1 aliphatic rings. The molecule has 0 bridgehead atoms. The zero-order chi connectivity index (χ0) is 9.97. The minimum absolute atomic E-state index is 0.234. The van der Waals surface area contributed by atoms with Crippen LogP contribution in [0.2, 0.25) is 0 Å². The molecule has 1 aromatic rings. The summed E-state index contributed by atoms with van der Waals surface area (Å²) in [5.41, 5.74) is 5.41. The lowest BCUT2D eigenvalue weighted by Gasteiger charge is -2.14. The topological polar surface area (TPSA) is 77.0 Å².